The maximum absolute atomic E-state index is 15.1. The second-order valence-electron chi connectivity index (χ2n) is 8.41. The highest BCUT2D eigenvalue weighted by molar-refractivity contribution is 6.44. The van der Waals surface area contributed by atoms with Gasteiger partial charge in [0.25, 0.3) is 5.91 Å². The van der Waals surface area contributed by atoms with E-state index in [-0.39, 0.29) is 29.4 Å². The molecule has 0 unspecified atom stereocenters. The van der Waals surface area contributed by atoms with Crippen molar-refractivity contribution >= 4 is 40.8 Å². The Bertz CT molecular complexity index is 1360. The number of nitrogens with one attached hydrogen (secondary N) is 3. The molecule has 0 saturated carbocycles. The zero-order valence-electron chi connectivity index (χ0n) is 20.8. The number of benzene rings is 3. The summed E-state index contributed by atoms with van der Waals surface area (Å²) in [5.74, 6) is -2.23. The number of hydrogen-bond donors (Lipinski definition) is 4. The first kappa shape index (κ1) is 28.3. The van der Waals surface area contributed by atoms with Crippen LogP contribution in [0.1, 0.15) is 34.3 Å². The van der Waals surface area contributed by atoms with Crippen molar-refractivity contribution in [3.8, 4) is 11.1 Å². The van der Waals surface area contributed by atoms with Crippen molar-refractivity contribution in [1.82, 2.24) is 5.32 Å². The van der Waals surface area contributed by atoms with Crippen LogP contribution in [0.25, 0.3) is 11.1 Å². The molecule has 0 atom stereocenters. The van der Waals surface area contributed by atoms with Crippen molar-refractivity contribution in [2.24, 2.45) is 5.73 Å². The van der Waals surface area contributed by atoms with E-state index in [4.69, 9.17) is 22.7 Å². The Labute approximate surface area is 224 Å². The molecule has 0 aliphatic carbocycles. The number of esters is 1. The van der Waals surface area contributed by atoms with Crippen LogP contribution in [0.2, 0.25) is 5.02 Å². The SMILES string of the molecule is COC(=O)c1ccc(NCC(=O)NCCCCc2cccc(-c3ccccc3Cl)c2F)c(C(=N)C(N)=O)c1. The van der Waals surface area contributed by atoms with Gasteiger partial charge in [0.15, 0.2) is 0 Å². The lowest BCUT2D eigenvalue weighted by Crippen LogP contribution is -2.31. The number of carbonyl (C=O) groups is 3. The van der Waals surface area contributed by atoms with E-state index < -0.39 is 17.6 Å². The maximum Gasteiger partial charge on any atom is 0.337 e. The van der Waals surface area contributed by atoms with Crippen LogP contribution in [-0.2, 0) is 20.7 Å². The Morgan fingerprint density at radius 2 is 1.76 bits per heavy atom. The van der Waals surface area contributed by atoms with Gasteiger partial charge in [-0.2, -0.15) is 0 Å². The molecule has 0 heterocycles. The summed E-state index contributed by atoms with van der Waals surface area (Å²) in [4.78, 5) is 35.6. The average molecular weight is 539 g/mol. The zero-order chi connectivity index (χ0) is 27.7. The first-order valence-electron chi connectivity index (χ1n) is 11.9. The van der Waals surface area contributed by atoms with Crippen LogP contribution in [0.5, 0.6) is 0 Å². The normalized spacial score (nSPS) is 10.5. The minimum atomic E-state index is -0.978. The fourth-order valence-electron chi connectivity index (χ4n) is 3.85. The quantitative estimate of drug-likeness (QED) is 0.155. The van der Waals surface area contributed by atoms with Crippen LogP contribution in [0.4, 0.5) is 10.1 Å². The van der Waals surface area contributed by atoms with Gasteiger partial charge in [0, 0.05) is 33.9 Å². The van der Waals surface area contributed by atoms with Gasteiger partial charge in [-0.15, -0.1) is 0 Å². The topological polar surface area (TPSA) is 134 Å². The molecule has 3 aromatic rings. The predicted molar refractivity (Wildman–Crippen MR) is 145 cm³/mol. The maximum atomic E-state index is 15.1. The fraction of sp³-hybridized carbons (Fsp3) is 0.214. The van der Waals surface area contributed by atoms with Crippen LogP contribution in [0, 0.1) is 11.2 Å². The van der Waals surface area contributed by atoms with E-state index in [1.807, 2.05) is 6.07 Å². The summed E-state index contributed by atoms with van der Waals surface area (Å²) in [6.45, 7) is 0.253. The van der Waals surface area contributed by atoms with E-state index in [0.29, 0.717) is 53.2 Å². The highest BCUT2D eigenvalue weighted by Gasteiger charge is 2.17. The lowest BCUT2D eigenvalue weighted by atomic mass is 9.99. The van der Waals surface area contributed by atoms with Gasteiger partial charge in [0.05, 0.1) is 19.2 Å². The molecule has 0 aliphatic heterocycles. The average Bonchev–Trinajstić information content (AvgIpc) is 2.92. The lowest BCUT2D eigenvalue weighted by Gasteiger charge is -2.13. The van der Waals surface area contributed by atoms with Crippen LogP contribution in [0.3, 0.4) is 0 Å². The number of anilines is 1. The molecule has 198 valence electrons. The number of unbranched alkanes of at least 4 members (excludes halogenated alkanes) is 1. The lowest BCUT2D eigenvalue weighted by molar-refractivity contribution is -0.119. The number of halogens is 2. The van der Waals surface area contributed by atoms with Crippen molar-refractivity contribution < 1.29 is 23.5 Å². The number of amides is 2. The van der Waals surface area contributed by atoms with E-state index >= 15 is 4.39 Å². The van der Waals surface area contributed by atoms with Gasteiger partial charge in [0.1, 0.15) is 11.5 Å². The molecule has 0 aromatic heterocycles. The van der Waals surface area contributed by atoms with Gasteiger partial charge >= 0.3 is 5.97 Å². The molecule has 10 heteroatoms. The van der Waals surface area contributed by atoms with Crippen LogP contribution in [0.15, 0.2) is 60.7 Å². The number of rotatable bonds is 12. The first-order valence-corrected chi connectivity index (χ1v) is 12.2. The van der Waals surface area contributed by atoms with Crippen molar-refractivity contribution in [2.75, 3.05) is 25.5 Å². The second kappa shape index (κ2) is 13.3. The smallest absolute Gasteiger partial charge is 0.337 e. The third kappa shape index (κ3) is 7.17. The van der Waals surface area contributed by atoms with E-state index in [0.717, 1.165) is 0 Å². The summed E-state index contributed by atoms with van der Waals surface area (Å²) in [6, 6.07) is 16.6. The van der Waals surface area contributed by atoms with Gasteiger partial charge in [0.2, 0.25) is 5.91 Å². The Kier molecular flexibility index (Phi) is 9.95. The molecule has 38 heavy (non-hydrogen) atoms. The third-order valence-corrected chi connectivity index (χ3v) is 6.16. The molecule has 0 bridgehead atoms. The molecule has 8 nitrogen and oxygen atoms in total. The summed E-state index contributed by atoms with van der Waals surface area (Å²) < 4.78 is 19.7. The number of aryl methyl sites for hydroxylation is 1. The van der Waals surface area contributed by atoms with Crippen molar-refractivity contribution in [3.05, 3.63) is 88.2 Å². The van der Waals surface area contributed by atoms with Crippen molar-refractivity contribution in [2.45, 2.75) is 19.3 Å². The van der Waals surface area contributed by atoms with E-state index in [1.165, 1.54) is 25.3 Å². The molecule has 3 aromatic carbocycles. The minimum Gasteiger partial charge on any atom is -0.465 e. The number of methoxy groups -OCH3 is 1. The highest BCUT2D eigenvalue weighted by Crippen LogP contribution is 2.31. The summed E-state index contributed by atoms with van der Waals surface area (Å²) >= 11 is 6.22. The van der Waals surface area contributed by atoms with Gasteiger partial charge in [-0.25, -0.2) is 9.18 Å². The Morgan fingerprint density at radius 3 is 2.47 bits per heavy atom. The summed E-state index contributed by atoms with van der Waals surface area (Å²) in [5, 5.41) is 14.0. The van der Waals surface area contributed by atoms with Gasteiger partial charge in [-0.3, -0.25) is 15.0 Å². The van der Waals surface area contributed by atoms with E-state index in [2.05, 4.69) is 15.4 Å². The Balaban J connectivity index is 1.50. The Hall–Kier alpha value is -4.24. The third-order valence-electron chi connectivity index (χ3n) is 5.83. The molecular weight excluding hydrogens is 511 g/mol. The predicted octanol–water partition coefficient (Wildman–Crippen LogP) is 4.34. The molecule has 2 amide bonds. The monoisotopic (exact) mass is 538 g/mol. The van der Waals surface area contributed by atoms with E-state index in [1.54, 1.807) is 36.4 Å². The number of primary amides is 1. The summed E-state index contributed by atoms with van der Waals surface area (Å²) in [6.07, 6.45) is 1.79. The van der Waals surface area contributed by atoms with Crippen molar-refractivity contribution in [3.63, 3.8) is 0 Å². The summed E-state index contributed by atoms with van der Waals surface area (Å²) in [5.41, 5.74) is 6.90. The molecule has 0 saturated heterocycles. The van der Waals surface area contributed by atoms with Gasteiger partial charge in [-0.1, -0.05) is 48.0 Å². The molecule has 0 radical (unpaired) electrons. The summed E-state index contributed by atoms with van der Waals surface area (Å²) in [7, 11) is 1.21. The van der Waals surface area contributed by atoms with Crippen LogP contribution < -0.4 is 16.4 Å². The van der Waals surface area contributed by atoms with Crippen LogP contribution >= 0.6 is 11.6 Å². The molecule has 3 rings (SSSR count). The van der Waals surface area contributed by atoms with E-state index in [9.17, 15) is 14.4 Å². The standard InChI is InChI=1S/C28H28ClFN4O4/c1-38-28(37)18-12-13-23(21(15-18)26(31)27(32)36)34-16-24(35)33-14-5-4-7-17-8-6-10-20(25(17)30)19-9-2-3-11-22(19)29/h2-3,6,8-13,15,31,34H,4-5,7,14,16H2,1H3,(H2,32,36)(H,33,35). The minimum absolute atomic E-state index is 0.0780. The number of nitrogens with two attached hydrogens (primary N) is 1. The molecule has 5 N–H and O–H groups in total. The first-order chi connectivity index (χ1) is 18.2. The van der Waals surface area contributed by atoms with Crippen LogP contribution in [-0.4, -0.2) is 43.7 Å². The molecule has 0 aliphatic rings. The number of hydrogen-bond acceptors (Lipinski definition) is 6. The number of carbonyl (C=O) groups excluding carboxylic acids is 3. The zero-order valence-corrected chi connectivity index (χ0v) is 21.5. The molecular formula is C28H28ClFN4O4. The van der Waals surface area contributed by atoms with Gasteiger partial charge in [-0.05, 0) is 49.1 Å². The number of ether oxygens (including phenoxy) is 1. The Morgan fingerprint density at radius 1 is 1.03 bits per heavy atom. The van der Waals surface area contributed by atoms with Crippen molar-refractivity contribution in [1.29, 1.82) is 5.41 Å². The largest absolute Gasteiger partial charge is 0.465 e. The molecule has 0 fully saturated rings. The molecule has 0 spiro atoms. The highest BCUT2D eigenvalue weighted by atomic mass is 35.5. The second-order valence-corrected chi connectivity index (χ2v) is 8.82. The fourth-order valence-corrected chi connectivity index (χ4v) is 4.09. The van der Waals surface area contributed by atoms with Gasteiger partial charge < -0.3 is 21.1 Å².